The lowest BCUT2D eigenvalue weighted by atomic mass is 9.78. The Labute approximate surface area is 206 Å². The molecule has 0 nitrogen and oxygen atoms in total. The number of rotatable bonds is 0. The molecule has 0 amide bonds. The van der Waals surface area contributed by atoms with Crippen LogP contribution in [0.5, 0.6) is 0 Å². The van der Waals surface area contributed by atoms with Crippen LogP contribution in [0.15, 0.2) is 84.9 Å². The van der Waals surface area contributed by atoms with Gasteiger partial charge in [0.1, 0.15) is 0 Å². The average molecular weight is 449 g/mol. The van der Waals surface area contributed by atoms with Crippen LogP contribution in [0.4, 0.5) is 0 Å². The molecule has 0 fully saturated rings. The summed E-state index contributed by atoms with van der Waals surface area (Å²) in [5.41, 5.74) is 5.74. The summed E-state index contributed by atoms with van der Waals surface area (Å²) in [5.74, 6) is 0. The second-order valence-corrected chi connectivity index (χ2v) is 8.88. The van der Waals surface area contributed by atoms with Gasteiger partial charge >= 0.3 is 0 Å². The van der Waals surface area contributed by atoms with Gasteiger partial charge in [0.05, 0.1) is 0 Å². The molecule has 176 valence electrons. The van der Waals surface area contributed by atoms with Gasteiger partial charge in [0.2, 0.25) is 0 Å². The van der Waals surface area contributed by atoms with Crippen molar-refractivity contribution in [2.75, 3.05) is 0 Å². The molecule has 5 aromatic carbocycles. The third-order valence-corrected chi connectivity index (χ3v) is 6.38. The van der Waals surface area contributed by atoms with Crippen LogP contribution >= 0.6 is 0 Å². The molecule has 1 aliphatic carbocycles. The van der Waals surface area contributed by atoms with Gasteiger partial charge in [-0.3, -0.25) is 0 Å². The van der Waals surface area contributed by atoms with Gasteiger partial charge in [-0.1, -0.05) is 147 Å². The van der Waals surface area contributed by atoms with E-state index in [2.05, 4.69) is 113 Å². The Kier molecular flexibility index (Phi) is 8.15. The molecule has 0 saturated heterocycles. The molecule has 0 atom stereocenters. The van der Waals surface area contributed by atoms with E-state index in [0.717, 1.165) is 0 Å². The van der Waals surface area contributed by atoms with Crippen LogP contribution in [-0.4, -0.2) is 0 Å². The SMILES string of the molecule is CC.CC.CC1(C)c2c(ccc3ccccc23)-c2c1c1ccccc1c1ccccc21.CCC. The Morgan fingerprint density at radius 1 is 0.500 bits per heavy atom. The van der Waals surface area contributed by atoms with E-state index in [-0.39, 0.29) is 5.41 Å². The Morgan fingerprint density at radius 2 is 0.941 bits per heavy atom. The zero-order valence-electron chi connectivity index (χ0n) is 22.3. The highest BCUT2D eigenvalue weighted by atomic mass is 14.4. The first kappa shape index (κ1) is 25.5. The topological polar surface area (TPSA) is 0 Å². The van der Waals surface area contributed by atoms with Crippen molar-refractivity contribution in [1.82, 2.24) is 0 Å². The van der Waals surface area contributed by atoms with Gasteiger partial charge in [-0.2, -0.15) is 0 Å². The van der Waals surface area contributed by atoms with Gasteiger partial charge in [-0.25, -0.2) is 0 Å². The molecule has 0 unspecified atom stereocenters. The molecule has 0 radical (unpaired) electrons. The van der Waals surface area contributed by atoms with E-state index in [4.69, 9.17) is 0 Å². The smallest absolute Gasteiger partial charge is 0.0171 e. The molecule has 0 saturated carbocycles. The lowest BCUT2D eigenvalue weighted by Gasteiger charge is -2.25. The Bertz CT molecular complexity index is 1400. The summed E-state index contributed by atoms with van der Waals surface area (Å²) in [7, 11) is 0. The summed E-state index contributed by atoms with van der Waals surface area (Å²) < 4.78 is 0. The lowest BCUT2D eigenvalue weighted by Crippen LogP contribution is -2.16. The first-order chi connectivity index (χ1) is 16.6. The second-order valence-electron chi connectivity index (χ2n) is 8.88. The maximum Gasteiger partial charge on any atom is 0.0171 e. The van der Waals surface area contributed by atoms with Gasteiger partial charge in [-0.15, -0.1) is 0 Å². The number of benzene rings is 5. The minimum absolute atomic E-state index is 0.0326. The van der Waals surface area contributed by atoms with Crippen molar-refractivity contribution >= 4 is 32.3 Å². The fourth-order valence-corrected chi connectivity index (χ4v) is 5.35. The summed E-state index contributed by atoms with van der Waals surface area (Å²) in [4.78, 5) is 0. The minimum Gasteiger partial charge on any atom is -0.0683 e. The Morgan fingerprint density at radius 3 is 1.53 bits per heavy atom. The van der Waals surface area contributed by atoms with Crippen molar-refractivity contribution in [2.45, 2.75) is 67.2 Å². The van der Waals surface area contributed by atoms with Gasteiger partial charge in [0, 0.05) is 5.41 Å². The van der Waals surface area contributed by atoms with E-state index >= 15 is 0 Å². The second kappa shape index (κ2) is 10.9. The third kappa shape index (κ3) is 4.00. The predicted octanol–water partition coefficient (Wildman–Crippen LogP) is 10.9. The van der Waals surface area contributed by atoms with Crippen molar-refractivity contribution in [3.63, 3.8) is 0 Å². The Hall–Kier alpha value is -3.12. The molecule has 1 aliphatic rings. The molecular weight excluding hydrogens is 408 g/mol. The number of fused-ring (bicyclic) bond motifs is 10. The van der Waals surface area contributed by atoms with Gasteiger partial charge < -0.3 is 0 Å². The lowest BCUT2D eigenvalue weighted by molar-refractivity contribution is 0.672. The third-order valence-electron chi connectivity index (χ3n) is 6.38. The molecule has 0 heteroatoms. The molecule has 34 heavy (non-hydrogen) atoms. The van der Waals surface area contributed by atoms with Gasteiger partial charge in [0.25, 0.3) is 0 Å². The largest absolute Gasteiger partial charge is 0.0683 e. The van der Waals surface area contributed by atoms with Crippen LogP contribution in [0.25, 0.3) is 43.4 Å². The molecule has 0 spiro atoms. The van der Waals surface area contributed by atoms with E-state index in [1.54, 1.807) is 0 Å². The van der Waals surface area contributed by atoms with Gasteiger partial charge in [0.15, 0.2) is 0 Å². The molecule has 0 N–H and O–H groups in total. The highest BCUT2D eigenvalue weighted by Crippen LogP contribution is 2.56. The maximum atomic E-state index is 2.39. The summed E-state index contributed by atoms with van der Waals surface area (Å²) in [6.45, 7) is 17.0. The van der Waals surface area contributed by atoms with E-state index in [9.17, 15) is 0 Å². The first-order valence-corrected chi connectivity index (χ1v) is 13.1. The Balaban J connectivity index is 0.000000423. The van der Waals surface area contributed by atoms with E-state index < -0.39 is 0 Å². The standard InChI is InChI=1S/C27H20.C3H8.2C2H6/c1-27(2)25-18-10-4-3-9-17(18)15-16-23(25)24-21-13-7-5-11-19(21)20-12-6-8-14-22(20)26(24)27;1-3-2;2*1-2/h3-16H,1-2H3;3H2,1-2H3;2*1-2H3. The fraction of sp³-hybridized carbons (Fsp3) is 0.294. The van der Waals surface area contributed by atoms with Crippen LogP contribution in [0, 0.1) is 0 Å². The van der Waals surface area contributed by atoms with E-state index in [1.807, 2.05) is 27.7 Å². The van der Waals surface area contributed by atoms with Crippen LogP contribution in [0.1, 0.15) is 72.9 Å². The number of hydrogen-bond donors (Lipinski definition) is 0. The molecule has 0 bridgehead atoms. The molecule has 6 rings (SSSR count). The predicted molar refractivity (Wildman–Crippen MR) is 155 cm³/mol. The molecule has 0 heterocycles. The molecule has 5 aromatic rings. The number of hydrogen-bond acceptors (Lipinski definition) is 0. The zero-order chi connectivity index (χ0) is 24.9. The fourth-order valence-electron chi connectivity index (χ4n) is 5.35. The molecular formula is C34H40. The summed E-state index contributed by atoms with van der Waals surface area (Å²) in [6.07, 6.45) is 1.25. The summed E-state index contributed by atoms with van der Waals surface area (Å²) >= 11 is 0. The van der Waals surface area contributed by atoms with Crippen LogP contribution in [-0.2, 0) is 5.41 Å². The summed E-state index contributed by atoms with van der Waals surface area (Å²) in [5, 5.41) is 8.17. The molecule has 0 aromatic heterocycles. The van der Waals surface area contributed by atoms with Crippen molar-refractivity contribution in [3.8, 4) is 11.1 Å². The normalized spacial score (nSPS) is 12.5. The van der Waals surface area contributed by atoms with Crippen molar-refractivity contribution in [1.29, 1.82) is 0 Å². The average Bonchev–Trinajstić information content (AvgIpc) is 3.15. The van der Waals surface area contributed by atoms with Crippen LogP contribution in [0.3, 0.4) is 0 Å². The molecule has 0 aliphatic heterocycles. The van der Waals surface area contributed by atoms with Gasteiger partial charge in [-0.05, 0) is 54.6 Å². The zero-order valence-corrected chi connectivity index (χ0v) is 22.3. The minimum atomic E-state index is -0.0326. The van der Waals surface area contributed by atoms with E-state index in [0.29, 0.717) is 0 Å². The summed E-state index contributed by atoms with van der Waals surface area (Å²) in [6, 6.07) is 31.2. The first-order valence-electron chi connectivity index (χ1n) is 13.1. The van der Waals surface area contributed by atoms with Crippen molar-refractivity contribution in [2.24, 2.45) is 0 Å². The maximum absolute atomic E-state index is 2.39. The van der Waals surface area contributed by atoms with Crippen LogP contribution < -0.4 is 0 Å². The van der Waals surface area contributed by atoms with Crippen molar-refractivity contribution < 1.29 is 0 Å². The quantitative estimate of drug-likeness (QED) is 0.207. The highest BCUT2D eigenvalue weighted by Gasteiger charge is 2.39. The van der Waals surface area contributed by atoms with Crippen LogP contribution in [0.2, 0.25) is 0 Å². The van der Waals surface area contributed by atoms with E-state index in [1.165, 1.54) is 61.0 Å². The highest BCUT2D eigenvalue weighted by molar-refractivity contribution is 6.19. The monoisotopic (exact) mass is 448 g/mol. The van der Waals surface area contributed by atoms with Crippen molar-refractivity contribution in [3.05, 3.63) is 96.1 Å².